The van der Waals surface area contributed by atoms with Gasteiger partial charge in [0.25, 0.3) is 0 Å². The van der Waals surface area contributed by atoms with Gasteiger partial charge in [-0.3, -0.25) is 4.79 Å². The number of hydrogen-bond donors (Lipinski definition) is 0. The van der Waals surface area contributed by atoms with Crippen molar-refractivity contribution in [3.05, 3.63) is 30.1 Å². The molecule has 0 spiro atoms. The molecule has 1 aliphatic rings. The van der Waals surface area contributed by atoms with Crippen LogP contribution in [0.25, 0.3) is 0 Å². The van der Waals surface area contributed by atoms with Crippen LogP contribution in [0.1, 0.15) is 19.8 Å². The molecule has 1 aromatic rings. The Labute approximate surface area is 93.2 Å². The molecule has 1 fully saturated rings. The van der Waals surface area contributed by atoms with Crippen LogP contribution >= 0.6 is 0 Å². The molecule has 1 saturated carbocycles. The molecule has 0 N–H and O–H groups in total. The molecule has 5 heteroatoms. The van der Waals surface area contributed by atoms with E-state index in [2.05, 4.69) is 0 Å². The maximum absolute atomic E-state index is 13.4. The molecule has 0 heterocycles. The average molecular weight is 242 g/mol. The van der Waals surface area contributed by atoms with Crippen LogP contribution in [0.15, 0.2) is 29.2 Å². The van der Waals surface area contributed by atoms with Gasteiger partial charge >= 0.3 is 0 Å². The van der Waals surface area contributed by atoms with Crippen molar-refractivity contribution in [3.63, 3.8) is 0 Å². The number of carbonyl (C=O) groups is 1. The van der Waals surface area contributed by atoms with Gasteiger partial charge < -0.3 is 0 Å². The van der Waals surface area contributed by atoms with Gasteiger partial charge in [-0.05, 0) is 31.9 Å². The summed E-state index contributed by atoms with van der Waals surface area (Å²) in [4.78, 5) is 11.0. The van der Waals surface area contributed by atoms with E-state index in [1.165, 1.54) is 25.1 Å². The summed E-state index contributed by atoms with van der Waals surface area (Å²) < 4.78 is 36.3. The number of rotatable bonds is 3. The number of ketones is 1. The Balaban J connectivity index is 2.57. The fourth-order valence-corrected chi connectivity index (χ4v) is 3.82. The lowest BCUT2D eigenvalue weighted by molar-refractivity contribution is -0.117. The number of carbonyl (C=O) groups excluding carboxylic acids is 1. The first-order chi connectivity index (χ1) is 7.42. The highest BCUT2D eigenvalue weighted by molar-refractivity contribution is 7.94. The zero-order valence-electron chi connectivity index (χ0n) is 8.73. The molecule has 0 amide bonds. The SMILES string of the molecule is CC(=O)C1(S(=O)(=O)c2ccccc2F)CC1. The monoisotopic (exact) mass is 242 g/mol. The fraction of sp³-hybridized carbons (Fsp3) is 0.364. The van der Waals surface area contributed by atoms with E-state index < -0.39 is 26.2 Å². The smallest absolute Gasteiger partial charge is 0.194 e. The number of hydrogen-bond acceptors (Lipinski definition) is 3. The number of sulfone groups is 1. The Morgan fingerprint density at radius 3 is 2.31 bits per heavy atom. The highest BCUT2D eigenvalue weighted by Gasteiger charge is 2.59. The summed E-state index contributed by atoms with van der Waals surface area (Å²) in [6.45, 7) is 1.24. The molecule has 16 heavy (non-hydrogen) atoms. The Morgan fingerprint density at radius 1 is 1.31 bits per heavy atom. The maximum Gasteiger partial charge on any atom is 0.194 e. The van der Waals surface area contributed by atoms with Gasteiger partial charge in [-0.2, -0.15) is 0 Å². The normalized spacial score (nSPS) is 18.1. The summed E-state index contributed by atoms with van der Waals surface area (Å²) in [5, 5.41) is 0. The van der Waals surface area contributed by atoms with Gasteiger partial charge in [0.1, 0.15) is 15.5 Å². The van der Waals surface area contributed by atoms with Gasteiger partial charge in [0, 0.05) is 0 Å². The predicted octanol–water partition coefficient (Wildman–Crippen LogP) is 1.72. The van der Waals surface area contributed by atoms with Crippen molar-refractivity contribution in [2.24, 2.45) is 0 Å². The van der Waals surface area contributed by atoms with Crippen molar-refractivity contribution in [1.29, 1.82) is 0 Å². The second-order valence-corrected chi connectivity index (χ2v) is 6.21. The summed E-state index contributed by atoms with van der Waals surface area (Å²) in [6, 6.07) is 5.16. The molecule has 0 atom stereocenters. The van der Waals surface area contributed by atoms with Crippen molar-refractivity contribution in [1.82, 2.24) is 0 Å². The van der Waals surface area contributed by atoms with Gasteiger partial charge in [-0.1, -0.05) is 12.1 Å². The summed E-state index contributed by atoms with van der Waals surface area (Å²) in [5.74, 6) is -1.20. The molecule has 0 radical (unpaired) electrons. The Hall–Kier alpha value is -1.23. The van der Waals surface area contributed by atoms with Gasteiger partial charge in [-0.15, -0.1) is 0 Å². The van der Waals surface area contributed by atoms with Gasteiger partial charge in [-0.25, -0.2) is 12.8 Å². The maximum atomic E-state index is 13.4. The summed E-state index contributed by atoms with van der Waals surface area (Å²) in [7, 11) is -3.88. The second-order valence-electron chi connectivity index (χ2n) is 3.98. The van der Waals surface area contributed by atoms with Crippen molar-refractivity contribution >= 4 is 15.6 Å². The molecule has 1 aromatic carbocycles. The number of Topliss-reactive ketones (excluding diaryl/α,β-unsaturated/α-hetero) is 1. The largest absolute Gasteiger partial charge is 0.298 e. The minimum absolute atomic E-state index is 0.291. The lowest BCUT2D eigenvalue weighted by Gasteiger charge is -2.13. The standard InChI is InChI=1S/C11H11FO3S/c1-8(13)11(6-7-11)16(14,15)10-5-3-2-4-9(10)12/h2-5H,6-7H2,1H3. The van der Waals surface area contributed by atoms with Gasteiger partial charge in [0.05, 0.1) is 0 Å². The van der Waals surface area contributed by atoms with Crippen LogP contribution in [-0.4, -0.2) is 18.9 Å². The first-order valence-corrected chi connectivity index (χ1v) is 6.40. The van der Waals surface area contributed by atoms with Crippen LogP contribution in [0.2, 0.25) is 0 Å². The number of halogens is 1. The predicted molar refractivity (Wildman–Crippen MR) is 56.2 cm³/mol. The molecule has 3 nitrogen and oxygen atoms in total. The van der Waals surface area contributed by atoms with E-state index in [1.807, 2.05) is 0 Å². The quantitative estimate of drug-likeness (QED) is 0.811. The third-order valence-corrected chi connectivity index (χ3v) is 5.62. The zero-order valence-corrected chi connectivity index (χ0v) is 9.55. The summed E-state index contributed by atoms with van der Waals surface area (Å²) in [6.07, 6.45) is 0.581. The van der Waals surface area contributed by atoms with E-state index in [0.29, 0.717) is 12.8 Å². The number of benzene rings is 1. The molecule has 0 unspecified atom stereocenters. The molecule has 0 aliphatic heterocycles. The average Bonchev–Trinajstić information content (AvgIpc) is 2.98. The Kier molecular flexibility index (Phi) is 2.38. The van der Waals surface area contributed by atoms with Gasteiger partial charge in [0.15, 0.2) is 15.6 Å². The van der Waals surface area contributed by atoms with Gasteiger partial charge in [0.2, 0.25) is 0 Å². The third-order valence-electron chi connectivity index (χ3n) is 2.99. The first kappa shape index (κ1) is 11.3. The van der Waals surface area contributed by atoms with E-state index in [-0.39, 0.29) is 4.90 Å². The van der Waals surface area contributed by atoms with Crippen molar-refractivity contribution in [3.8, 4) is 0 Å². The molecule has 0 bridgehead atoms. The third kappa shape index (κ3) is 1.38. The summed E-state index contributed by atoms with van der Waals surface area (Å²) in [5.41, 5.74) is 0. The minimum Gasteiger partial charge on any atom is -0.298 e. The minimum atomic E-state index is -3.88. The highest BCUT2D eigenvalue weighted by atomic mass is 32.2. The van der Waals surface area contributed by atoms with E-state index in [1.54, 1.807) is 0 Å². The molecular weight excluding hydrogens is 231 g/mol. The molecule has 0 aromatic heterocycles. The molecule has 0 saturated heterocycles. The molecule has 86 valence electrons. The van der Waals surface area contributed by atoms with Crippen LogP contribution in [-0.2, 0) is 14.6 Å². The van der Waals surface area contributed by atoms with E-state index >= 15 is 0 Å². The summed E-state index contributed by atoms with van der Waals surface area (Å²) >= 11 is 0. The van der Waals surface area contributed by atoms with E-state index in [0.717, 1.165) is 6.07 Å². The lowest BCUT2D eigenvalue weighted by atomic mass is 10.3. The zero-order chi connectivity index (χ0) is 12.0. The van der Waals surface area contributed by atoms with E-state index in [9.17, 15) is 17.6 Å². The lowest BCUT2D eigenvalue weighted by Crippen LogP contribution is -2.31. The van der Waals surface area contributed by atoms with E-state index in [4.69, 9.17) is 0 Å². The van der Waals surface area contributed by atoms with Crippen molar-refractivity contribution in [2.75, 3.05) is 0 Å². The molecule has 2 rings (SSSR count). The Bertz CT molecular complexity index is 544. The van der Waals surface area contributed by atoms with Crippen LogP contribution in [0.4, 0.5) is 4.39 Å². The van der Waals surface area contributed by atoms with Crippen LogP contribution in [0.3, 0.4) is 0 Å². The highest BCUT2D eigenvalue weighted by Crippen LogP contribution is 2.47. The van der Waals surface area contributed by atoms with Crippen molar-refractivity contribution in [2.45, 2.75) is 29.4 Å². The molecule has 1 aliphatic carbocycles. The fourth-order valence-electron chi connectivity index (χ4n) is 1.80. The molecular formula is C11H11FO3S. The Morgan fingerprint density at radius 2 is 1.88 bits per heavy atom. The second kappa shape index (κ2) is 3.38. The first-order valence-electron chi connectivity index (χ1n) is 4.92. The van der Waals surface area contributed by atoms with Crippen molar-refractivity contribution < 1.29 is 17.6 Å². The van der Waals surface area contributed by atoms with Crippen LogP contribution < -0.4 is 0 Å². The topological polar surface area (TPSA) is 51.2 Å². The van der Waals surface area contributed by atoms with Crippen LogP contribution in [0.5, 0.6) is 0 Å². The van der Waals surface area contributed by atoms with Crippen LogP contribution in [0, 0.1) is 5.82 Å².